The van der Waals surface area contributed by atoms with Crippen LogP contribution in [0.25, 0.3) is 0 Å². The van der Waals surface area contributed by atoms with E-state index in [4.69, 9.17) is 0 Å². The van der Waals surface area contributed by atoms with Crippen LogP contribution in [0.4, 0.5) is 5.69 Å². The highest BCUT2D eigenvalue weighted by Gasteiger charge is 2.22. The highest BCUT2D eigenvalue weighted by Crippen LogP contribution is 2.28. The van der Waals surface area contributed by atoms with Crippen LogP contribution in [0.2, 0.25) is 0 Å². The summed E-state index contributed by atoms with van der Waals surface area (Å²) in [5.41, 5.74) is 2.27. The van der Waals surface area contributed by atoms with Crippen LogP contribution in [-0.2, 0) is 4.79 Å². The Kier molecular flexibility index (Phi) is 3.79. The molecule has 1 saturated heterocycles. The summed E-state index contributed by atoms with van der Waals surface area (Å²) in [4.78, 5) is 13.9. The third-order valence-corrected chi connectivity index (χ3v) is 3.45. The first-order valence-electron chi connectivity index (χ1n) is 6.30. The number of rotatable bonds is 3. The SMILES string of the molecule is CNC(C)c1ccccc1N1CCCCC1=O. The topological polar surface area (TPSA) is 32.3 Å². The number of amides is 1. The van der Waals surface area contributed by atoms with Gasteiger partial charge in [0.05, 0.1) is 0 Å². The maximum absolute atomic E-state index is 12.0. The van der Waals surface area contributed by atoms with Crippen molar-refractivity contribution >= 4 is 11.6 Å². The minimum Gasteiger partial charge on any atom is -0.313 e. The Bertz CT molecular complexity index is 403. The van der Waals surface area contributed by atoms with E-state index in [0.717, 1.165) is 25.1 Å². The molecule has 1 amide bonds. The molecule has 1 unspecified atom stereocenters. The van der Waals surface area contributed by atoms with Gasteiger partial charge in [-0.3, -0.25) is 4.79 Å². The van der Waals surface area contributed by atoms with Crippen molar-refractivity contribution in [2.24, 2.45) is 0 Å². The molecule has 1 heterocycles. The standard InChI is InChI=1S/C14H20N2O/c1-11(15-2)12-7-3-4-8-13(12)16-10-6-5-9-14(16)17/h3-4,7-8,11,15H,5-6,9-10H2,1-2H3. The Morgan fingerprint density at radius 3 is 2.76 bits per heavy atom. The summed E-state index contributed by atoms with van der Waals surface area (Å²) in [6.45, 7) is 2.97. The normalized spacial score (nSPS) is 18.2. The second-order valence-electron chi connectivity index (χ2n) is 4.57. The van der Waals surface area contributed by atoms with Crippen molar-refractivity contribution in [1.29, 1.82) is 0 Å². The minimum absolute atomic E-state index is 0.256. The van der Waals surface area contributed by atoms with E-state index < -0.39 is 0 Å². The summed E-state index contributed by atoms with van der Waals surface area (Å²) in [6, 6.07) is 8.44. The summed E-state index contributed by atoms with van der Waals surface area (Å²) in [7, 11) is 1.94. The van der Waals surface area contributed by atoms with Gasteiger partial charge in [0.2, 0.25) is 5.91 Å². The molecule has 1 fully saturated rings. The molecule has 17 heavy (non-hydrogen) atoms. The fraction of sp³-hybridized carbons (Fsp3) is 0.500. The molecule has 1 aliphatic rings. The van der Waals surface area contributed by atoms with Crippen molar-refractivity contribution in [3.05, 3.63) is 29.8 Å². The van der Waals surface area contributed by atoms with Crippen LogP contribution in [0.5, 0.6) is 0 Å². The van der Waals surface area contributed by atoms with Crippen molar-refractivity contribution < 1.29 is 4.79 Å². The fourth-order valence-electron chi connectivity index (χ4n) is 2.32. The van der Waals surface area contributed by atoms with Crippen LogP contribution >= 0.6 is 0 Å². The van der Waals surface area contributed by atoms with E-state index in [1.807, 2.05) is 30.1 Å². The van der Waals surface area contributed by atoms with Crippen LogP contribution in [-0.4, -0.2) is 19.5 Å². The number of benzene rings is 1. The quantitative estimate of drug-likeness (QED) is 0.868. The highest BCUT2D eigenvalue weighted by atomic mass is 16.2. The van der Waals surface area contributed by atoms with Gasteiger partial charge in [0, 0.05) is 24.7 Å². The molecule has 1 aliphatic heterocycles. The van der Waals surface area contributed by atoms with Gasteiger partial charge in [-0.25, -0.2) is 0 Å². The lowest BCUT2D eigenvalue weighted by Gasteiger charge is -2.30. The van der Waals surface area contributed by atoms with Gasteiger partial charge in [0.25, 0.3) is 0 Å². The first-order chi connectivity index (χ1) is 8.24. The number of piperidine rings is 1. The van der Waals surface area contributed by atoms with Crippen molar-refractivity contribution in [2.45, 2.75) is 32.2 Å². The van der Waals surface area contributed by atoms with Crippen LogP contribution in [0.3, 0.4) is 0 Å². The summed E-state index contributed by atoms with van der Waals surface area (Å²) in [6.07, 6.45) is 2.81. The number of carbonyl (C=O) groups is 1. The summed E-state index contributed by atoms with van der Waals surface area (Å²) in [5, 5.41) is 3.24. The van der Waals surface area contributed by atoms with E-state index >= 15 is 0 Å². The molecule has 2 rings (SSSR count). The fourth-order valence-corrected chi connectivity index (χ4v) is 2.32. The smallest absolute Gasteiger partial charge is 0.226 e. The van der Waals surface area contributed by atoms with Gasteiger partial charge in [0.1, 0.15) is 0 Å². The number of hydrogen-bond donors (Lipinski definition) is 1. The van der Waals surface area contributed by atoms with Gasteiger partial charge in [0.15, 0.2) is 0 Å². The second-order valence-corrected chi connectivity index (χ2v) is 4.57. The summed E-state index contributed by atoms with van der Waals surface area (Å²) in [5.74, 6) is 0.256. The molecular formula is C14H20N2O. The zero-order valence-electron chi connectivity index (χ0n) is 10.6. The molecular weight excluding hydrogens is 212 g/mol. The van der Waals surface area contributed by atoms with Crippen LogP contribution in [0.1, 0.15) is 37.8 Å². The van der Waals surface area contributed by atoms with Crippen LogP contribution in [0, 0.1) is 0 Å². The number of para-hydroxylation sites is 1. The number of nitrogens with zero attached hydrogens (tertiary/aromatic N) is 1. The zero-order chi connectivity index (χ0) is 12.3. The van der Waals surface area contributed by atoms with Gasteiger partial charge in [-0.15, -0.1) is 0 Å². The third kappa shape index (κ3) is 2.50. The van der Waals surface area contributed by atoms with E-state index in [2.05, 4.69) is 18.3 Å². The molecule has 0 spiro atoms. The molecule has 0 bridgehead atoms. The average molecular weight is 232 g/mol. The highest BCUT2D eigenvalue weighted by molar-refractivity contribution is 5.94. The number of carbonyl (C=O) groups excluding carboxylic acids is 1. The molecule has 1 N–H and O–H groups in total. The van der Waals surface area contributed by atoms with Crippen molar-refractivity contribution in [3.8, 4) is 0 Å². The third-order valence-electron chi connectivity index (χ3n) is 3.45. The van der Waals surface area contributed by atoms with Crippen molar-refractivity contribution in [1.82, 2.24) is 5.32 Å². The maximum atomic E-state index is 12.0. The Morgan fingerprint density at radius 1 is 1.29 bits per heavy atom. The molecule has 3 nitrogen and oxygen atoms in total. The molecule has 3 heteroatoms. The van der Waals surface area contributed by atoms with E-state index in [-0.39, 0.29) is 11.9 Å². The van der Waals surface area contributed by atoms with Crippen LogP contribution < -0.4 is 10.2 Å². The second kappa shape index (κ2) is 5.32. The minimum atomic E-state index is 0.256. The molecule has 1 aromatic rings. The lowest BCUT2D eigenvalue weighted by atomic mass is 10.0. The molecule has 0 aromatic heterocycles. The molecule has 0 radical (unpaired) electrons. The van der Waals surface area contributed by atoms with Crippen LogP contribution in [0.15, 0.2) is 24.3 Å². The maximum Gasteiger partial charge on any atom is 0.226 e. The monoisotopic (exact) mass is 232 g/mol. The van der Waals surface area contributed by atoms with Gasteiger partial charge in [-0.1, -0.05) is 18.2 Å². The van der Waals surface area contributed by atoms with Gasteiger partial charge in [-0.05, 0) is 38.4 Å². The van der Waals surface area contributed by atoms with Crippen molar-refractivity contribution in [3.63, 3.8) is 0 Å². The lowest BCUT2D eigenvalue weighted by Crippen LogP contribution is -2.36. The Morgan fingerprint density at radius 2 is 2.06 bits per heavy atom. The number of hydrogen-bond acceptors (Lipinski definition) is 2. The molecule has 0 aliphatic carbocycles. The van der Waals surface area contributed by atoms with E-state index in [9.17, 15) is 4.79 Å². The first-order valence-corrected chi connectivity index (χ1v) is 6.30. The number of nitrogens with one attached hydrogen (secondary N) is 1. The zero-order valence-corrected chi connectivity index (χ0v) is 10.6. The van der Waals surface area contributed by atoms with Gasteiger partial charge in [-0.2, -0.15) is 0 Å². The Balaban J connectivity index is 2.33. The van der Waals surface area contributed by atoms with E-state index in [1.54, 1.807) is 0 Å². The van der Waals surface area contributed by atoms with E-state index in [1.165, 1.54) is 5.56 Å². The van der Waals surface area contributed by atoms with Crippen molar-refractivity contribution in [2.75, 3.05) is 18.5 Å². The lowest BCUT2D eigenvalue weighted by molar-refractivity contribution is -0.119. The van der Waals surface area contributed by atoms with Gasteiger partial charge >= 0.3 is 0 Å². The predicted octanol–water partition coefficient (Wildman–Crippen LogP) is 2.48. The summed E-state index contributed by atoms with van der Waals surface area (Å²) < 4.78 is 0. The average Bonchev–Trinajstić information content (AvgIpc) is 2.38. The Labute approximate surface area is 103 Å². The molecule has 1 aromatic carbocycles. The first kappa shape index (κ1) is 12.1. The number of anilines is 1. The molecule has 1 atom stereocenters. The Hall–Kier alpha value is -1.35. The molecule has 0 saturated carbocycles. The van der Waals surface area contributed by atoms with E-state index in [0.29, 0.717) is 6.42 Å². The predicted molar refractivity (Wildman–Crippen MR) is 70.1 cm³/mol. The summed E-state index contributed by atoms with van der Waals surface area (Å²) >= 11 is 0. The molecule has 92 valence electrons. The largest absolute Gasteiger partial charge is 0.313 e. The van der Waals surface area contributed by atoms with Gasteiger partial charge < -0.3 is 10.2 Å².